The van der Waals surface area contributed by atoms with Crippen LogP contribution in [0, 0.1) is 5.41 Å². The summed E-state index contributed by atoms with van der Waals surface area (Å²) < 4.78 is 11.8. The van der Waals surface area contributed by atoms with Gasteiger partial charge in [-0.3, -0.25) is 14.3 Å². The molecule has 2 N–H and O–H groups in total. The largest absolute Gasteiger partial charge is 0.503 e. The lowest BCUT2D eigenvalue weighted by molar-refractivity contribution is 0.0856. The van der Waals surface area contributed by atoms with E-state index in [-0.39, 0.29) is 11.3 Å². The van der Waals surface area contributed by atoms with Crippen LogP contribution in [-0.2, 0) is 0 Å². The van der Waals surface area contributed by atoms with Crippen molar-refractivity contribution < 1.29 is 24.3 Å². The van der Waals surface area contributed by atoms with Gasteiger partial charge >= 0.3 is 0 Å². The summed E-state index contributed by atoms with van der Waals surface area (Å²) in [6.45, 7) is 5.25. The predicted octanol–water partition coefficient (Wildman–Crippen LogP) is 4.84. The van der Waals surface area contributed by atoms with E-state index < -0.39 is 17.0 Å². The Labute approximate surface area is 184 Å². The molecular formula is C24H23N3O5. The van der Waals surface area contributed by atoms with Crippen LogP contribution in [0.15, 0.2) is 59.6 Å². The molecule has 32 heavy (non-hydrogen) atoms. The summed E-state index contributed by atoms with van der Waals surface area (Å²) in [7, 11) is 1.50. The first-order valence-electron chi connectivity index (χ1n) is 9.95. The highest BCUT2D eigenvalue weighted by Crippen LogP contribution is 2.47. The van der Waals surface area contributed by atoms with Crippen molar-refractivity contribution >= 4 is 5.78 Å². The van der Waals surface area contributed by atoms with Gasteiger partial charge in [0.2, 0.25) is 5.88 Å². The van der Waals surface area contributed by atoms with Gasteiger partial charge in [0.15, 0.2) is 11.5 Å². The van der Waals surface area contributed by atoms with Crippen molar-refractivity contribution in [1.82, 2.24) is 14.7 Å². The van der Waals surface area contributed by atoms with Crippen LogP contribution in [0.5, 0.6) is 17.4 Å². The highest BCUT2D eigenvalue weighted by Gasteiger charge is 2.35. The third-order valence-electron chi connectivity index (χ3n) is 5.14. The maximum Gasteiger partial charge on any atom is 0.240 e. The van der Waals surface area contributed by atoms with Crippen molar-refractivity contribution in [1.29, 1.82) is 0 Å². The second-order valence-corrected chi connectivity index (χ2v) is 8.32. The molecule has 1 aromatic carbocycles. The summed E-state index contributed by atoms with van der Waals surface area (Å²) >= 11 is 0. The van der Waals surface area contributed by atoms with E-state index in [1.165, 1.54) is 24.1 Å². The SMILES string of the molecule is COc1ccncc1-c1c(C(=O)C(C)(C)C)c(O)c(O)n1-c1ccc(-c2ccon2)cc1. The predicted molar refractivity (Wildman–Crippen MR) is 118 cm³/mol. The van der Waals surface area contributed by atoms with Gasteiger partial charge in [0.25, 0.3) is 0 Å². The molecule has 0 unspecified atom stereocenters. The smallest absolute Gasteiger partial charge is 0.240 e. The number of nitrogens with zero attached hydrogens (tertiary/aromatic N) is 3. The van der Waals surface area contributed by atoms with Gasteiger partial charge in [-0.2, -0.15) is 0 Å². The van der Waals surface area contributed by atoms with Gasteiger partial charge in [-0.1, -0.05) is 38.1 Å². The lowest BCUT2D eigenvalue weighted by Crippen LogP contribution is -2.21. The van der Waals surface area contributed by atoms with E-state index in [0.29, 0.717) is 28.4 Å². The molecule has 8 heteroatoms. The fraction of sp³-hybridized carbons (Fsp3) is 0.208. The molecule has 0 spiro atoms. The number of aromatic nitrogens is 3. The number of Topliss-reactive ketones (excluding diaryl/α,β-unsaturated/α-hetero) is 1. The van der Waals surface area contributed by atoms with Crippen molar-refractivity contribution in [3.05, 3.63) is 60.6 Å². The third kappa shape index (κ3) is 3.49. The van der Waals surface area contributed by atoms with Crippen LogP contribution in [0.25, 0.3) is 28.2 Å². The van der Waals surface area contributed by atoms with Crippen LogP contribution < -0.4 is 4.74 Å². The molecule has 164 valence electrons. The molecule has 0 aliphatic carbocycles. The van der Waals surface area contributed by atoms with Gasteiger partial charge in [0.1, 0.15) is 17.7 Å². The number of hydrogen-bond acceptors (Lipinski definition) is 7. The van der Waals surface area contributed by atoms with Gasteiger partial charge in [0, 0.05) is 35.1 Å². The molecular weight excluding hydrogens is 410 g/mol. The second-order valence-electron chi connectivity index (χ2n) is 8.32. The minimum absolute atomic E-state index is 0.00174. The third-order valence-corrected chi connectivity index (χ3v) is 5.14. The Kier molecular flexibility index (Phi) is 5.22. The molecule has 8 nitrogen and oxygen atoms in total. The number of methoxy groups -OCH3 is 1. The van der Waals surface area contributed by atoms with Crippen LogP contribution in [0.2, 0.25) is 0 Å². The maximum atomic E-state index is 13.3. The van der Waals surface area contributed by atoms with Gasteiger partial charge in [0.05, 0.1) is 23.9 Å². The van der Waals surface area contributed by atoms with E-state index in [1.807, 2.05) is 0 Å². The normalized spacial score (nSPS) is 11.5. The van der Waals surface area contributed by atoms with Gasteiger partial charge in [-0.15, -0.1) is 0 Å². The number of benzene rings is 1. The van der Waals surface area contributed by atoms with E-state index >= 15 is 0 Å². The number of ether oxygens (including phenoxy) is 1. The molecule has 4 rings (SSSR count). The molecule has 4 aromatic rings. The number of ketones is 1. The van der Waals surface area contributed by atoms with Crippen LogP contribution >= 0.6 is 0 Å². The van der Waals surface area contributed by atoms with Crippen molar-refractivity contribution in [2.24, 2.45) is 5.41 Å². The molecule has 0 atom stereocenters. The van der Waals surface area contributed by atoms with Crippen molar-refractivity contribution in [2.75, 3.05) is 7.11 Å². The number of hydrogen-bond donors (Lipinski definition) is 2. The lowest BCUT2D eigenvalue weighted by atomic mass is 9.85. The molecule has 0 fully saturated rings. The molecule has 0 bridgehead atoms. The Hall–Kier alpha value is -4.07. The zero-order valence-electron chi connectivity index (χ0n) is 18.2. The number of carbonyl (C=O) groups excluding carboxylic acids is 1. The Bertz CT molecular complexity index is 1270. The number of aromatic hydroxyl groups is 2. The van der Waals surface area contributed by atoms with Gasteiger partial charge in [-0.05, 0) is 18.2 Å². The molecule has 0 aliphatic heterocycles. The van der Waals surface area contributed by atoms with Crippen LogP contribution in [0.3, 0.4) is 0 Å². The Morgan fingerprint density at radius 1 is 1.09 bits per heavy atom. The van der Waals surface area contributed by atoms with Crippen molar-refractivity contribution in [2.45, 2.75) is 20.8 Å². The summed E-state index contributed by atoms with van der Waals surface area (Å²) in [6, 6.07) is 10.5. The molecule has 0 saturated carbocycles. The first-order chi connectivity index (χ1) is 15.2. The standard InChI is InChI=1S/C24H23N3O5/c1-24(2,3)22(29)19-20(16-13-25-11-9-18(16)31-4)27(23(30)21(19)28)15-7-5-14(6-8-15)17-10-12-32-26-17/h5-13,28,30H,1-4H3. The molecule has 3 heterocycles. The minimum Gasteiger partial charge on any atom is -0.503 e. The van der Waals surface area contributed by atoms with E-state index in [1.54, 1.807) is 63.4 Å². The Morgan fingerprint density at radius 2 is 1.81 bits per heavy atom. The molecule has 0 radical (unpaired) electrons. The summed E-state index contributed by atoms with van der Waals surface area (Å²) in [5.74, 6) is -0.829. The summed E-state index contributed by atoms with van der Waals surface area (Å²) in [5, 5.41) is 25.7. The van der Waals surface area contributed by atoms with Crippen LogP contribution in [0.4, 0.5) is 0 Å². The number of carbonyl (C=O) groups is 1. The van der Waals surface area contributed by atoms with Gasteiger partial charge in [-0.25, -0.2) is 0 Å². The van der Waals surface area contributed by atoms with E-state index in [0.717, 1.165) is 5.56 Å². The average Bonchev–Trinajstić information content (AvgIpc) is 3.40. The zero-order valence-corrected chi connectivity index (χ0v) is 18.2. The lowest BCUT2D eigenvalue weighted by Gasteiger charge is -2.19. The zero-order chi connectivity index (χ0) is 23.0. The highest BCUT2D eigenvalue weighted by molar-refractivity contribution is 6.08. The fourth-order valence-electron chi connectivity index (χ4n) is 3.52. The van der Waals surface area contributed by atoms with Crippen molar-refractivity contribution in [3.8, 4) is 45.6 Å². The summed E-state index contributed by atoms with van der Waals surface area (Å²) in [4.78, 5) is 17.5. The molecule has 3 aromatic heterocycles. The van der Waals surface area contributed by atoms with Crippen molar-refractivity contribution in [3.63, 3.8) is 0 Å². The summed E-state index contributed by atoms with van der Waals surface area (Å²) in [5.41, 5.74) is 1.94. The van der Waals surface area contributed by atoms with E-state index in [2.05, 4.69) is 10.1 Å². The minimum atomic E-state index is -0.808. The topological polar surface area (TPSA) is 111 Å². The molecule has 0 aliphatic rings. The highest BCUT2D eigenvalue weighted by atomic mass is 16.5. The molecule has 0 amide bonds. The quantitative estimate of drug-likeness (QED) is 0.433. The van der Waals surface area contributed by atoms with E-state index in [4.69, 9.17) is 9.26 Å². The first-order valence-corrected chi connectivity index (χ1v) is 9.95. The fourth-order valence-corrected chi connectivity index (χ4v) is 3.52. The second kappa shape index (κ2) is 7.88. The molecule has 0 saturated heterocycles. The van der Waals surface area contributed by atoms with Crippen LogP contribution in [-0.4, -0.2) is 37.8 Å². The number of pyridine rings is 1. The van der Waals surface area contributed by atoms with Crippen LogP contribution in [0.1, 0.15) is 31.1 Å². The maximum absolute atomic E-state index is 13.3. The summed E-state index contributed by atoms with van der Waals surface area (Å²) in [6.07, 6.45) is 4.58. The van der Waals surface area contributed by atoms with E-state index in [9.17, 15) is 15.0 Å². The number of rotatable bonds is 5. The Balaban J connectivity index is 2.00. The average molecular weight is 433 g/mol. The Morgan fingerprint density at radius 3 is 2.41 bits per heavy atom. The first kappa shape index (κ1) is 21.2. The van der Waals surface area contributed by atoms with Gasteiger partial charge < -0.3 is 19.5 Å². The monoisotopic (exact) mass is 433 g/mol.